The monoisotopic (exact) mass is 466 g/mol. The van der Waals surface area contributed by atoms with Gasteiger partial charge in [-0.3, -0.25) is 9.59 Å². The van der Waals surface area contributed by atoms with Crippen molar-refractivity contribution in [3.05, 3.63) is 94.3 Å². The van der Waals surface area contributed by atoms with E-state index in [4.69, 9.17) is 21.1 Å². The maximum absolute atomic E-state index is 13.4. The fraction of sp³-hybridized carbons (Fsp3) is 0.160. The smallest absolute Gasteiger partial charge is 0.281 e. The molecule has 3 aromatic carbocycles. The van der Waals surface area contributed by atoms with Crippen molar-refractivity contribution in [2.45, 2.75) is 12.5 Å². The van der Waals surface area contributed by atoms with E-state index in [0.29, 0.717) is 40.5 Å². The molecular weight excluding hydrogens is 447 g/mol. The number of carbonyl (C=O) groups is 2. The van der Waals surface area contributed by atoms with Crippen LogP contribution >= 0.6 is 11.6 Å². The molecule has 1 atom stereocenters. The van der Waals surface area contributed by atoms with E-state index in [9.17, 15) is 14.0 Å². The highest BCUT2D eigenvalue weighted by atomic mass is 35.5. The summed E-state index contributed by atoms with van der Waals surface area (Å²) in [4.78, 5) is 24.1. The van der Waals surface area contributed by atoms with Gasteiger partial charge in [-0.15, -0.1) is 0 Å². The molecule has 1 heterocycles. The van der Waals surface area contributed by atoms with Gasteiger partial charge in [0.15, 0.2) is 18.1 Å². The molecular formula is C25H20ClFN2O4. The Morgan fingerprint density at radius 3 is 2.52 bits per heavy atom. The molecule has 1 amide bonds. The van der Waals surface area contributed by atoms with Crippen molar-refractivity contribution in [2.75, 3.05) is 13.7 Å². The molecule has 1 aliphatic heterocycles. The van der Waals surface area contributed by atoms with Crippen molar-refractivity contribution < 1.29 is 23.5 Å². The van der Waals surface area contributed by atoms with Gasteiger partial charge in [0, 0.05) is 17.0 Å². The number of carbonyl (C=O) groups excluding carboxylic acids is 2. The minimum Gasteiger partial charge on any atom is -0.493 e. The van der Waals surface area contributed by atoms with Crippen LogP contribution in [0.2, 0.25) is 5.02 Å². The van der Waals surface area contributed by atoms with Gasteiger partial charge in [-0.1, -0.05) is 35.9 Å². The van der Waals surface area contributed by atoms with Crippen LogP contribution in [0.5, 0.6) is 11.5 Å². The van der Waals surface area contributed by atoms with Gasteiger partial charge < -0.3 is 9.47 Å². The van der Waals surface area contributed by atoms with Gasteiger partial charge in [0.05, 0.1) is 18.9 Å². The van der Waals surface area contributed by atoms with Gasteiger partial charge in [-0.25, -0.2) is 9.40 Å². The maximum atomic E-state index is 13.4. The summed E-state index contributed by atoms with van der Waals surface area (Å²) in [5.74, 6) is -0.0314. The Kier molecular flexibility index (Phi) is 6.70. The number of rotatable bonds is 7. The quantitative estimate of drug-likeness (QED) is 0.456. The van der Waals surface area contributed by atoms with Crippen molar-refractivity contribution in [1.29, 1.82) is 0 Å². The molecule has 0 spiro atoms. The first kappa shape index (κ1) is 22.5. The van der Waals surface area contributed by atoms with Crippen LogP contribution in [0.4, 0.5) is 4.39 Å². The number of nitrogens with zero attached hydrogens (tertiary/aromatic N) is 2. The topological polar surface area (TPSA) is 68.2 Å². The van der Waals surface area contributed by atoms with Crippen LogP contribution in [0, 0.1) is 5.82 Å². The van der Waals surface area contributed by atoms with Gasteiger partial charge in [0.1, 0.15) is 12.1 Å². The highest BCUT2D eigenvalue weighted by molar-refractivity contribution is 6.30. The summed E-state index contributed by atoms with van der Waals surface area (Å²) >= 11 is 6.03. The van der Waals surface area contributed by atoms with E-state index in [0.717, 1.165) is 11.1 Å². The minimum atomic E-state index is -0.367. The van der Waals surface area contributed by atoms with Crippen LogP contribution in [0.3, 0.4) is 0 Å². The number of halogens is 2. The van der Waals surface area contributed by atoms with Gasteiger partial charge in [0.2, 0.25) is 0 Å². The molecule has 4 rings (SSSR count). The van der Waals surface area contributed by atoms with E-state index in [1.54, 1.807) is 36.4 Å². The Balaban J connectivity index is 1.58. The molecule has 0 aliphatic carbocycles. The lowest BCUT2D eigenvalue weighted by molar-refractivity contribution is -0.135. The molecule has 168 valence electrons. The lowest BCUT2D eigenvalue weighted by Crippen LogP contribution is -2.31. The molecule has 0 saturated carbocycles. The zero-order chi connectivity index (χ0) is 23.4. The SMILES string of the molecule is COc1cc(C=O)ccc1OCC(=O)N1N=C(c2ccc(F)cc2)CC1c1ccc(Cl)cc1. The summed E-state index contributed by atoms with van der Waals surface area (Å²) in [7, 11) is 1.45. The Morgan fingerprint density at radius 2 is 1.85 bits per heavy atom. The van der Waals surface area contributed by atoms with Crippen molar-refractivity contribution in [1.82, 2.24) is 5.01 Å². The summed E-state index contributed by atoms with van der Waals surface area (Å²) < 4.78 is 24.3. The number of amides is 1. The zero-order valence-electron chi connectivity index (χ0n) is 17.7. The Hall–Kier alpha value is -3.71. The van der Waals surface area contributed by atoms with Crippen molar-refractivity contribution in [3.63, 3.8) is 0 Å². The molecule has 0 radical (unpaired) electrons. The average molecular weight is 467 g/mol. The fourth-order valence-electron chi connectivity index (χ4n) is 3.58. The summed E-state index contributed by atoms with van der Waals surface area (Å²) in [6.07, 6.45) is 1.15. The summed E-state index contributed by atoms with van der Waals surface area (Å²) in [6, 6.07) is 17.5. The van der Waals surface area contributed by atoms with Crippen LogP contribution in [0.25, 0.3) is 0 Å². The Bertz CT molecular complexity index is 1200. The predicted octanol–water partition coefficient (Wildman–Crippen LogP) is 5.06. The number of methoxy groups -OCH3 is 1. The van der Waals surface area contributed by atoms with E-state index in [-0.39, 0.29) is 24.4 Å². The van der Waals surface area contributed by atoms with E-state index < -0.39 is 0 Å². The first-order valence-corrected chi connectivity index (χ1v) is 10.5. The second-order valence-corrected chi connectivity index (χ2v) is 7.82. The van der Waals surface area contributed by atoms with Crippen LogP contribution < -0.4 is 9.47 Å². The predicted molar refractivity (Wildman–Crippen MR) is 122 cm³/mol. The molecule has 0 N–H and O–H groups in total. The molecule has 8 heteroatoms. The van der Waals surface area contributed by atoms with Gasteiger partial charge in [-0.2, -0.15) is 5.10 Å². The lowest BCUT2D eigenvalue weighted by Gasteiger charge is -2.22. The highest BCUT2D eigenvalue weighted by Crippen LogP contribution is 2.34. The number of hydrogen-bond acceptors (Lipinski definition) is 5. The van der Waals surface area contributed by atoms with Gasteiger partial charge >= 0.3 is 0 Å². The first-order valence-electron chi connectivity index (χ1n) is 10.2. The second-order valence-electron chi connectivity index (χ2n) is 7.38. The molecule has 1 unspecified atom stereocenters. The first-order chi connectivity index (χ1) is 16.0. The average Bonchev–Trinajstić information content (AvgIpc) is 3.29. The molecule has 0 fully saturated rings. The van der Waals surface area contributed by atoms with Crippen molar-refractivity contribution in [2.24, 2.45) is 5.10 Å². The maximum Gasteiger partial charge on any atom is 0.281 e. The van der Waals surface area contributed by atoms with Gasteiger partial charge in [-0.05, 0) is 53.6 Å². The molecule has 1 aliphatic rings. The zero-order valence-corrected chi connectivity index (χ0v) is 18.5. The number of hydrazone groups is 1. The molecule has 0 bridgehead atoms. The Morgan fingerprint density at radius 1 is 1.12 bits per heavy atom. The van der Waals surface area contributed by atoms with Crippen LogP contribution in [0.1, 0.15) is 33.9 Å². The normalized spacial score (nSPS) is 15.2. The van der Waals surface area contributed by atoms with Crippen molar-refractivity contribution in [3.8, 4) is 11.5 Å². The largest absolute Gasteiger partial charge is 0.493 e. The van der Waals surface area contributed by atoms with E-state index in [1.165, 1.54) is 30.3 Å². The molecule has 0 saturated heterocycles. The second kappa shape index (κ2) is 9.83. The molecule has 33 heavy (non-hydrogen) atoms. The third kappa shape index (κ3) is 5.04. The number of aldehydes is 1. The van der Waals surface area contributed by atoms with E-state index in [1.807, 2.05) is 12.1 Å². The van der Waals surface area contributed by atoms with E-state index >= 15 is 0 Å². The summed E-state index contributed by atoms with van der Waals surface area (Å²) in [5, 5.41) is 6.51. The molecule has 6 nitrogen and oxygen atoms in total. The van der Waals surface area contributed by atoms with E-state index in [2.05, 4.69) is 5.10 Å². The summed E-state index contributed by atoms with van der Waals surface area (Å²) in [6.45, 7) is -0.291. The standard InChI is InChI=1S/C25H20ClFN2O4/c1-32-24-12-16(14-30)2-11-23(24)33-15-25(31)29-22(18-3-7-19(26)8-4-18)13-21(28-29)17-5-9-20(27)10-6-17/h2-12,14,22H,13,15H2,1H3. The minimum absolute atomic E-state index is 0.291. The molecule has 0 aromatic heterocycles. The third-order valence-electron chi connectivity index (χ3n) is 5.27. The van der Waals surface area contributed by atoms with Crippen LogP contribution in [0.15, 0.2) is 71.8 Å². The molecule has 3 aromatic rings. The number of ether oxygens (including phenoxy) is 2. The fourth-order valence-corrected chi connectivity index (χ4v) is 3.71. The van der Waals surface area contributed by atoms with Crippen LogP contribution in [-0.4, -0.2) is 36.6 Å². The van der Waals surface area contributed by atoms with Crippen molar-refractivity contribution >= 4 is 29.5 Å². The summed E-state index contributed by atoms with van der Waals surface area (Å²) in [5.41, 5.74) is 2.69. The highest BCUT2D eigenvalue weighted by Gasteiger charge is 2.33. The van der Waals surface area contributed by atoms with Crippen LogP contribution in [-0.2, 0) is 4.79 Å². The Labute approximate surface area is 195 Å². The van der Waals surface area contributed by atoms with Gasteiger partial charge in [0.25, 0.3) is 5.91 Å². The lowest BCUT2D eigenvalue weighted by atomic mass is 9.98. The number of hydrogen-bond donors (Lipinski definition) is 0. The third-order valence-corrected chi connectivity index (χ3v) is 5.53. The number of benzene rings is 3.